The third-order valence-electron chi connectivity index (χ3n) is 2.43. The molecule has 0 aromatic carbocycles. The van der Waals surface area contributed by atoms with E-state index in [4.69, 9.17) is 0 Å². The smallest absolute Gasteiger partial charge is 0.325 e. The topological polar surface area (TPSA) is 94.8 Å². The molecule has 1 amide bonds. The molecule has 2 rings (SSSR count). The average molecular weight is 311 g/mol. The van der Waals surface area contributed by atoms with E-state index in [1.165, 1.54) is 17.5 Å². The Morgan fingerprint density at radius 2 is 2.20 bits per heavy atom. The van der Waals surface area contributed by atoms with E-state index in [1.54, 1.807) is 17.8 Å². The number of aromatic amines is 2. The van der Waals surface area contributed by atoms with Crippen LogP contribution in [0.1, 0.15) is 22.2 Å². The Hall–Kier alpha value is -1.80. The molecule has 6 nitrogen and oxygen atoms in total. The normalized spacial score (nSPS) is 10.4. The van der Waals surface area contributed by atoms with Gasteiger partial charge in [-0.3, -0.25) is 14.6 Å². The summed E-state index contributed by atoms with van der Waals surface area (Å²) in [6.07, 6.45) is 1.30. The quantitative estimate of drug-likeness (QED) is 0.722. The maximum atomic E-state index is 11.9. The molecule has 0 aliphatic heterocycles. The minimum absolute atomic E-state index is 0.0686. The zero-order chi connectivity index (χ0) is 14.5. The Balaban J connectivity index is 2.00. The summed E-state index contributed by atoms with van der Waals surface area (Å²) in [5, 5.41) is 2.65. The number of nitrogens with one attached hydrogen (secondary N) is 3. The molecule has 8 heteroatoms. The Morgan fingerprint density at radius 1 is 1.40 bits per heavy atom. The van der Waals surface area contributed by atoms with Gasteiger partial charge in [-0.05, 0) is 17.9 Å². The molecule has 0 saturated heterocycles. The van der Waals surface area contributed by atoms with Crippen molar-refractivity contribution in [1.82, 2.24) is 15.3 Å². The summed E-state index contributed by atoms with van der Waals surface area (Å²) in [7, 11) is 0. The highest BCUT2D eigenvalue weighted by Gasteiger charge is 2.10. The van der Waals surface area contributed by atoms with Crippen molar-refractivity contribution in [3.8, 4) is 0 Å². The largest absolute Gasteiger partial charge is 0.347 e. The number of carbonyl (C=O) groups excluding carboxylic acids is 1. The summed E-state index contributed by atoms with van der Waals surface area (Å²) >= 11 is 3.09. The Morgan fingerprint density at radius 3 is 2.90 bits per heavy atom. The van der Waals surface area contributed by atoms with E-state index in [0.717, 1.165) is 9.96 Å². The van der Waals surface area contributed by atoms with Gasteiger partial charge in [0.25, 0.3) is 11.5 Å². The van der Waals surface area contributed by atoms with Gasteiger partial charge < -0.3 is 10.3 Å². The molecule has 2 aromatic rings. The van der Waals surface area contributed by atoms with Crippen LogP contribution >= 0.6 is 23.1 Å². The van der Waals surface area contributed by atoms with Crippen molar-refractivity contribution < 1.29 is 4.79 Å². The first kappa shape index (κ1) is 14.6. The molecule has 0 spiro atoms. The molecule has 0 saturated carbocycles. The van der Waals surface area contributed by atoms with Gasteiger partial charge in [-0.1, -0.05) is 6.92 Å². The molecule has 0 radical (unpaired) electrons. The number of hydrogen-bond donors (Lipinski definition) is 3. The fourth-order valence-corrected chi connectivity index (χ4v) is 3.45. The van der Waals surface area contributed by atoms with Crippen molar-refractivity contribution in [3.63, 3.8) is 0 Å². The van der Waals surface area contributed by atoms with E-state index in [9.17, 15) is 14.4 Å². The molecular weight excluding hydrogens is 298 g/mol. The SMILES string of the molecule is CCSc1ccc(C(=O)NCc2c[nH]c(=O)[nH]c2=O)s1. The van der Waals surface area contributed by atoms with Crippen LogP contribution in [0.2, 0.25) is 0 Å². The molecule has 3 N–H and O–H groups in total. The van der Waals surface area contributed by atoms with Crippen LogP contribution in [-0.4, -0.2) is 21.6 Å². The lowest BCUT2D eigenvalue weighted by Crippen LogP contribution is -2.30. The zero-order valence-corrected chi connectivity index (χ0v) is 12.3. The lowest BCUT2D eigenvalue weighted by Gasteiger charge is -2.02. The number of aromatic nitrogens is 2. The molecule has 0 aliphatic carbocycles. The Kier molecular flexibility index (Phi) is 4.80. The van der Waals surface area contributed by atoms with Crippen molar-refractivity contribution >= 4 is 29.0 Å². The van der Waals surface area contributed by atoms with Gasteiger partial charge in [0.1, 0.15) is 0 Å². The van der Waals surface area contributed by atoms with Crippen LogP contribution in [0.3, 0.4) is 0 Å². The van der Waals surface area contributed by atoms with Crippen LogP contribution in [0.5, 0.6) is 0 Å². The maximum Gasteiger partial charge on any atom is 0.325 e. The first-order chi connectivity index (χ1) is 9.60. The van der Waals surface area contributed by atoms with Gasteiger partial charge in [0.2, 0.25) is 0 Å². The zero-order valence-electron chi connectivity index (χ0n) is 10.7. The number of H-pyrrole nitrogens is 2. The van der Waals surface area contributed by atoms with E-state index in [-0.39, 0.29) is 12.5 Å². The second kappa shape index (κ2) is 6.58. The molecule has 0 unspecified atom stereocenters. The summed E-state index contributed by atoms with van der Waals surface area (Å²) in [6, 6.07) is 3.66. The Bertz CT molecular complexity index is 717. The monoisotopic (exact) mass is 311 g/mol. The fraction of sp³-hybridized carbons (Fsp3) is 0.250. The number of rotatable bonds is 5. The van der Waals surface area contributed by atoms with Gasteiger partial charge in [-0.15, -0.1) is 23.1 Å². The molecule has 0 bridgehead atoms. The lowest BCUT2D eigenvalue weighted by atomic mass is 10.3. The van der Waals surface area contributed by atoms with Crippen LogP contribution in [0.15, 0.2) is 32.1 Å². The third kappa shape index (κ3) is 3.61. The second-order valence-corrected chi connectivity index (χ2v) is 6.48. The molecule has 106 valence electrons. The van der Waals surface area contributed by atoms with Gasteiger partial charge in [0.15, 0.2) is 0 Å². The van der Waals surface area contributed by atoms with Crippen LogP contribution in [0.25, 0.3) is 0 Å². The summed E-state index contributed by atoms with van der Waals surface area (Å²) in [5.41, 5.74) is -0.760. The minimum Gasteiger partial charge on any atom is -0.347 e. The fourth-order valence-electron chi connectivity index (χ4n) is 1.49. The summed E-state index contributed by atoms with van der Waals surface area (Å²) in [6.45, 7) is 2.12. The highest BCUT2D eigenvalue weighted by molar-refractivity contribution is 8.01. The highest BCUT2D eigenvalue weighted by Crippen LogP contribution is 2.26. The summed E-state index contributed by atoms with van der Waals surface area (Å²) < 4.78 is 1.08. The predicted octanol–water partition coefficient (Wildman–Crippen LogP) is 1.17. The van der Waals surface area contributed by atoms with Crippen molar-refractivity contribution in [3.05, 3.63) is 49.6 Å². The first-order valence-electron chi connectivity index (χ1n) is 5.92. The number of carbonyl (C=O) groups is 1. The molecule has 0 aliphatic rings. The molecule has 0 fully saturated rings. The van der Waals surface area contributed by atoms with Crippen molar-refractivity contribution in [2.24, 2.45) is 0 Å². The number of thiophene rings is 1. The summed E-state index contributed by atoms with van der Waals surface area (Å²) in [5.74, 6) is 0.720. The van der Waals surface area contributed by atoms with Gasteiger partial charge in [-0.2, -0.15) is 0 Å². The summed E-state index contributed by atoms with van der Waals surface area (Å²) in [4.78, 5) is 39.3. The van der Waals surface area contributed by atoms with Crippen molar-refractivity contribution in [1.29, 1.82) is 0 Å². The molecule has 20 heavy (non-hydrogen) atoms. The average Bonchev–Trinajstić information content (AvgIpc) is 2.86. The van der Waals surface area contributed by atoms with E-state index in [2.05, 4.69) is 15.3 Å². The van der Waals surface area contributed by atoms with Crippen LogP contribution in [0, 0.1) is 0 Å². The van der Waals surface area contributed by atoms with Crippen LogP contribution < -0.4 is 16.6 Å². The van der Waals surface area contributed by atoms with E-state index < -0.39 is 11.2 Å². The predicted molar refractivity (Wildman–Crippen MR) is 79.6 cm³/mol. The molecule has 0 atom stereocenters. The maximum absolute atomic E-state index is 11.9. The van der Waals surface area contributed by atoms with E-state index in [1.807, 2.05) is 13.0 Å². The first-order valence-corrected chi connectivity index (χ1v) is 7.72. The third-order valence-corrected chi connectivity index (χ3v) is 4.62. The molecule has 2 heterocycles. The molecular formula is C12H13N3O3S2. The standard InChI is InChI=1S/C12H13N3O3S2/c1-2-19-9-4-3-8(20-9)11(17)13-5-7-6-14-12(18)15-10(7)16/h3-4,6H,2,5H2,1H3,(H,13,17)(H2,14,15,16,18). The van der Waals surface area contributed by atoms with E-state index in [0.29, 0.717) is 10.4 Å². The van der Waals surface area contributed by atoms with Crippen LogP contribution in [0.4, 0.5) is 0 Å². The van der Waals surface area contributed by atoms with Gasteiger partial charge >= 0.3 is 5.69 Å². The van der Waals surface area contributed by atoms with Crippen molar-refractivity contribution in [2.75, 3.05) is 5.75 Å². The van der Waals surface area contributed by atoms with Gasteiger partial charge in [0, 0.05) is 6.20 Å². The van der Waals surface area contributed by atoms with E-state index >= 15 is 0 Å². The number of thioether (sulfide) groups is 1. The molecule has 2 aromatic heterocycles. The minimum atomic E-state index is -0.565. The van der Waals surface area contributed by atoms with Crippen molar-refractivity contribution in [2.45, 2.75) is 17.7 Å². The Labute approximate surface area is 122 Å². The van der Waals surface area contributed by atoms with Crippen LogP contribution in [-0.2, 0) is 6.54 Å². The number of amides is 1. The number of hydrogen-bond acceptors (Lipinski definition) is 5. The van der Waals surface area contributed by atoms with Gasteiger partial charge in [0.05, 0.1) is 21.2 Å². The lowest BCUT2D eigenvalue weighted by molar-refractivity contribution is 0.0955. The van der Waals surface area contributed by atoms with Gasteiger partial charge in [-0.25, -0.2) is 4.79 Å². The highest BCUT2D eigenvalue weighted by atomic mass is 32.2. The second-order valence-electron chi connectivity index (χ2n) is 3.83.